The van der Waals surface area contributed by atoms with Gasteiger partial charge in [0.25, 0.3) is 0 Å². The summed E-state index contributed by atoms with van der Waals surface area (Å²) in [7, 11) is 0. The molecule has 1 N–H and O–H groups in total. The zero-order chi connectivity index (χ0) is 18.3. The molecule has 0 saturated heterocycles. The van der Waals surface area contributed by atoms with E-state index in [1.165, 1.54) is 12.1 Å². The number of alkyl halides is 3. The highest BCUT2D eigenvalue weighted by Crippen LogP contribution is 2.19. The second-order valence-electron chi connectivity index (χ2n) is 4.94. The van der Waals surface area contributed by atoms with Gasteiger partial charge in [0.15, 0.2) is 5.82 Å². The maximum Gasteiger partial charge on any atom is 0.406 e. The van der Waals surface area contributed by atoms with Gasteiger partial charge in [0.2, 0.25) is 11.8 Å². The maximum atomic E-state index is 12.4. The molecule has 1 rings (SSSR count). The summed E-state index contributed by atoms with van der Waals surface area (Å²) in [5, 5.41) is 5.44. The van der Waals surface area contributed by atoms with Crippen molar-refractivity contribution in [3.05, 3.63) is 24.5 Å². The Morgan fingerprint density at radius 3 is 2.71 bits per heavy atom. The molecule has 1 atom stereocenters. The molecular weight excluding hydrogens is 347 g/mol. The fourth-order valence-corrected chi connectivity index (χ4v) is 2.43. The number of rotatable bonds is 8. The Morgan fingerprint density at radius 2 is 2.21 bits per heavy atom. The van der Waals surface area contributed by atoms with Crippen LogP contribution in [-0.4, -0.2) is 52.1 Å². The first-order chi connectivity index (χ1) is 11.1. The Kier molecular flexibility index (Phi) is 7.33. The normalized spacial score (nSPS) is 12.5. The molecule has 1 heterocycles. The number of aryl methyl sites for hydroxylation is 1. The van der Waals surface area contributed by atoms with Crippen LogP contribution in [0.5, 0.6) is 0 Å². The SMILES string of the molecule is C=CCN(CC(F)(F)F)C(=O)CSC(C)C(=O)Nc1cc(C)on1. The van der Waals surface area contributed by atoms with Gasteiger partial charge >= 0.3 is 6.18 Å². The lowest BCUT2D eigenvalue weighted by Gasteiger charge is -2.23. The number of carbonyl (C=O) groups excluding carboxylic acids is 2. The second kappa shape index (κ2) is 8.76. The Hall–Kier alpha value is -1.97. The van der Waals surface area contributed by atoms with Crippen LogP contribution in [0.25, 0.3) is 0 Å². The fraction of sp³-hybridized carbons (Fsp3) is 0.500. The average molecular weight is 365 g/mol. The molecular formula is C14H18F3N3O3S. The summed E-state index contributed by atoms with van der Waals surface area (Å²) in [5.41, 5.74) is 0. The van der Waals surface area contributed by atoms with Crippen molar-refractivity contribution in [1.82, 2.24) is 10.1 Å². The summed E-state index contributed by atoms with van der Waals surface area (Å²) in [6, 6.07) is 1.52. The van der Waals surface area contributed by atoms with Gasteiger partial charge in [-0.25, -0.2) is 0 Å². The zero-order valence-corrected chi connectivity index (χ0v) is 14.0. The molecule has 0 aliphatic heterocycles. The predicted molar refractivity (Wildman–Crippen MR) is 84.6 cm³/mol. The van der Waals surface area contributed by atoms with E-state index in [4.69, 9.17) is 4.52 Å². The molecule has 1 aromatic heterocycles. The fourth-order valence-electron chi connectivity index (χ4n) is 1.64. The van der Waals surface area contributed by atoms with Crippen LogP contribution in [0, 0.1) is 6.92 Å². The van der Waals surface area contributed by atoms with Gasteiger partial charge < -0.3 is 14.7 Å². The molecule has 6 nitrogen and oxygen atoms in total. The van der Waals surface area contributed by atoms with E-state index in [-0.39, 0.29) is 18.1 Å². The lowest BCUT2D eigenvalue weighted by Crippen LogP contribution is -2.40. The Morgan fingerprint density at radius 1 is 1.54 bits per heavy atom. The lowest BCUT2D eigenvalue weighted by molar-refractivity contribution is -0.158. The molecule has 0 bridgehead atoms. The minimum atomic E-state index is -4.49. The standard InChI is InChI=1S/C14H18F3N3O3S/c1-4-5-20(8-14(15,16)17)12(21)7-24-10(3)13(22)18-11-6-9(2)23-19-11/h4,6,10H,1,5,7-8H2,2-3H3,(H,18,19,22). The number of amides is 2. The monoisotopic (exact) mass is 365 g/mol. The largest absolute Gasteiger partial charge is 0.406 e. The Labute approximate surface area is 141 Å². The average Bonchev–Trinajstić information content (AvgIpc) is 2.87. The molecule has 134 valence electrons. The molecule has 0 radical (unpaired) electrons. The Bertz CT molecular complexity index is 589. The molecule has 0 saturated carbocycles. The second-order valence-corrected chi connectivity index (χ2v) is 6.27. The van der Waals surface area contributed by atoms with Crippen molar-refractivity contribution in [2.24, 2.45) is 0 Å². The van der Waals surface area contributed by atoms with Gasteiger partial charge in [0, 0.05) is 12.6 Å². The van der Waals surface area contributed by atoms with Gasteiger partial charge in [-0.05, 0) is 13.8 Å². The molecule has 0 aliphatic rings. The highest BCUT2D eigenvalue weighted by atomic mass is 32.2. The van der Waals surface area contributed by atoms with E-state index < -0.39 is 29.8 Å². The van der Waals surface area contributed by atoms with Crippen LogP contribution < -0.4 is 5.32 Å². The molecule has 2 amide bonds. The molecule has 0 spiro atoms. The summed E-state index contributed by atoms with van der Waals surface area (Å²) in [5.74, 6) is -0.632. The number of nitrogens with zero attached hydrogens (tertiary/aromatic N) is 2. The quantitative estimate of drug-likeness (QED) is 0.717. The number of carbonyl (C=O) groups is 2. The topological polar surface area (TPSA) is 75.4 Å². The van der Waals surface area contributed by atoms with Gasteiger partial charge in [-0.15, -0.1) is 18.3 Å². The number of nitrogens with one attached hydrogen (secondary N) is 1. The van der Waals surface area contributed by atoms with Crippen LogP contribution in [-0.2, 0) is 9.59 Å². The minimum absolute atomic E-state index is 0.211. The number of anilines is 1. The molecule has 0 aliphatic carbocycles. The molecule has 24 heavy (non-hydrogen) atoms. The van der Waals surface area contributed by atoms with Crippen LogP contribution >= 0.6 is 11.8 Å². The van der Waals surface area contributed by atoms with Crippen LogP contribution in [0.3, 0.4) is 0 Å². The lowest BCUT2D eigenvalue weighted by atomic mass is 10.4. The number of aromatic nitrogens is 1. The van der Waals surface area contributed by atoms with Crippen LogP contribution in [0.2, 0.25) is 0 Å². The highest BCUT2D eigenvalue weighted by molar-refractivity contribution is 8.01. The molecule has 10 heteroatoms. The maximum absolute atomic E-state index is 12.4. The van der Waals surface area contributed by atoms with E-state index in [0.717, 1.165) is 11.8 Å². The van der Waals surface area contributed by atoms with E-state index in [1.807, 2.05) is 0 Å². The molecule has 1 unspecified atom stereocenters. The minimum Gasteiger partial charge on any atom is -0.360 e. The van der Waals surface area contributed by atoms with Crippen LogP contribution in [0.4, 0.5) is 19.0 Å². The van der Waals surface area contributed by atoms with E-state index in [9.17, 15) is 22.8 Å². The van der Waals surface area contributed by atoms with Gasteiger partial charge in [-0.3, -0.25) is 9.59 Å². The molecule has 1 aromatic rings. The molecule has 0 fully saturated rings. The summed E-state index contributed by atoms with van der Waals surface area (Å²) < 4.78 is 42.1. The van der Waals surface area contributed by atoms with E-state index in [1.54, 1.807) is 13.8 Å². The van der Waals surface area contributed by atoms with Crippen LogP contribution in [0.1, 0.15) is 12.7 Å². The molecule has 0 aromatic carbocycles. The predicted octanol–water partition coefficient (Wildman–Crippen LogP) is 2.62. The Balaban J connectivity index is 2.51. The van der Waals surface area contributed by atoms with Crippen molar-refractivity contribution in [1.29, 1.82) is 0 Å². The summed E-state index contributed by atoms with van der Waals surface area (Å²) in [4.78, 5) is 24.5. The highest BCUT2D eigenvalue weighted by Gasteiger charge is 2.32. The van der Waals surface area contributed by atoms with Crippen molar-refractivity contribution < 1.29 is 27.3 Å². The number of hydrogen-bond acceptors (Lipinski definition) is 5. The first kappa shape index (κ1) is 20.1. The number of thioether (sulfide) groups is 1. The van der Waals surface area contributed by atoms with Gasteiger partial charge in [-0.1, -0.05) is 11.2 Å². The summed E-state index contributed by atoms with van der Waals surface area (Å²) in [6.45, 7) is 4.98. The van der Waals surface area contributed by atoms with Crippen molar-refractivity contribution in [2.45, 2.75) is 25.3 Å². The van der Waals surface area contributed by atoms with Crippen molar-refractivity contribution in [3.63, 3.8) is 0 Å². The van der Waals surface area contributed by atoms with E-state index in [0.29, 0.717) is 10.7 Å². The zero-order valence-electron chi connectivity index (χ0n) is 13.2. The number of halogens is 3. The third-order valence-corrected chi connectivity index (χ3v) is 3.91. The summed E-state index contributed by atoms with van der Waals surface area (Å²) >= 11 is 0.936. The smallest absolute Gasteiger partial charge is 0.360 e. The van der Waals surface area contributed by atoms with Crippen molar-refractivity contribution >= 4 is 29.4 Å². The van der Waals surface area contributed by atoms with Gasteiger partial charge in [-0.2, -0.15) is 13.2 Å². The third kappa shape index (κ3) is 7.07. The van der Waals surface area contributed by atoms with Crippen LogP contribution in [0.15, 0.2) is 23.2 Å². The summed E-state index contributed by atoms with van der Waals surface area (Å²) in [6.07, 6.45) is -3.27. The van der Waals surface area contributed by atoms with Gasteiger partial charge in [0.05, 0.1) is 11.0 Å². The first-order valence-corrected chi connectivity index (χ1v) is 7.98. The number of hydrogen-bond donors (Lipinski definition) is 1. The van der Waals surface area contributed by atoms with Crippen molar-refractivity contribution in [2.75, 3.05) is 24.2 Å². The van der Waals surface area contributed by atoms with Gasteiger partial charge in [0.1, 0.15) is 12.3 Å². The van der Waals surface area contributed by atoms with E-state index >= 15 is 0 Å². The van der Waals surface area contributed by atoms with E-state index in [2.05, 4.69) is 17.1 Å². The third-order valence-electron chi connectivity index (χ3n) is 2.78. The van der Waals surface area contributed by atoms with Crippen molar-refractivity contribution in [3.8, 4) is 0 Å². The first-order valence-electron chi connectivity index (χ1n) is 6.93.